The minimum atomic E-state index is 0.709. The normalized spacial score (nSPS) is 13.2. The summed E-state index contributed by atoms with van der Waals surface area (Å²) in [5.74, 6) is 1.79. The van der Waals surface area contributed by atoms with Crippen molar-refractivity contribution in [2.24, 2.45) is 5.92 Å². The van der Waals surface area contributed by atoms with Crippen LogP contribution in [0.2, 0.25) is 0 Å². The smallest absolute Gasteiger partial charge is 0.169 e. The van der Waals surface area contributed by atoms with Gasteiger partial charge in [0.05, 0.1) is 0 Å². The topological polar surface area (TPSA) is 30.2 Å². The highest BCUT2D eigenvalue weighted by Gasteiger charge is 2.08. The molecule has 2 aromatic rings. The van der Waals surface area contributed by atoms with E-state index in [0.717, 1.165) is 21.0 Å². The van der Waals surface area contributed by atoms with E-state index in [2.05, 4.69) is 39.7 Å². The van der Waals surface area contributed by atoms with Crippen molar-refractivity contribution in [3.05, 3.63) is 23.2 Å². The molecule has 0 bridgehead atoms. The van der Waals surface area contributed by atoms with Crippen LogP contribution in [0.25, 0.3) is 5.65 Å². The Morgan fingerprint density at radius 3 is 3.12 bits per heavy atom. The van der Waals surface area contributed by atoms with Crippen LogP contribution >= 0.6 is 27.7 Å². The minimum absolute atomic E-state index is 0.709. The summed E-state index contributed by atoms with van der Waals surface area (Å²) in [6.07, 6.45) is 6.87. The Balaban J connectivity index is 2.25. The van der Waals surface area contributed by atoms with Crippen LogP contribution in [0.15, 0.2) is 28.2 Å². The first kappa shape index (κ1) is 11.9. The number of aromatic nitrogens is 3. The van der Waals surface area contributed by atoms with Gasteiger partial charge in [-0.1, -0.05) is 20.3 Å². The zero-order valence-electron chi connectivity index (χ0n) is 9.35. The number of imidazole rings is 1. The molecule has 86 valence electrons. The van der Waals surface area contributed by atoms with Gasteiger partial charge in [0.25, 0.3) is 0 Å². The first-order chi connectivity index (χ1) is 7.70. The molecule has 0 radical (unpaired) electrons. The largest absolute Gasteiger partial charge is 0.302 e. The van der Waals surface area contributed by atoms with E-state index >= 15 is 0 Å². The van der Waals surface area contributed by atoms with Gasteiger partial charge < -0.3 is 4.40 Å². The Labute approximate surface area is 108 Å². The second-order valence-electron chi connectivity index (χ2n) is 3.85. The van der Waals surface area contributed by atoms with E-state index in [1.165, 1.54) is 6.42 Å². The molecule has 16 heavy (non-hydrogen) atoms. The highest BCUT2D eigenvalue weighted by Crippen LogP contribution is 2.25. The van der Waals surface area contributed by atoms with Gasteiger partial charge in [-0.2, -0.15) is 0 Å². The average molecular weight is 300 g/mol. The summed E-state index contributed by atoms with van der Waals surface area (Å²) >= 11 is 5.20. The van der Waals surface area contributed by atoms with Crippen LogP contribution in [0, 0.1) is 5.92 Å². The second-order valence-corrected chi connectivity index (χ2v) is 5.67. The number of halogens is 1. The lowest BCUT2D eigenvalue weighted by Gasteiger charge is -2.08. The predicted molar refractivity (Wildman–Crippen MR) is 70.9 cm³/mol. The SMILES string of the molecule is CCC(C)CSc1nc(Br)cn2ccnc12. The monoisotopic (exact) mass is 299 g/mol. The van der Waals surface area contributed by atoms with Crippen molar-refractivity contribution in [1.82, 2.24) is 14.4 Å². The van der Waals surface area contributed by atoms with Crippen molar-refractivity contribution >= 4 is 33.3 Å². The molecule has 0 amide bonds. The van der Waals surface area contributed by atoms with Crippen molar-refractivity contribution in [2.45, 2.75) is 25.3 Å². The summed E-state index contributed by atoms with van der Waals surface area (Å²) in [6.45, 7) is 4.47. The first-order valence-electron chi connectivity index (χ1n) is 5.32. The van der Waals surface area contributed by atoms with E-state index in [0.29, 0.717) is 5.92 Å². The van der Waals surface area contributed by atoms with Crippen LogP contribution in [0.3, 0.4) is 0 Å². The van der Waals surface area contributed by atoms with Crippen LogP contribution in [-0.2, 0) is 0 Å². The molecule has 0 aromatic carbocycles. The molecule has 2 rings (SSSR count). The third-order valence-electron chi connectivity index (χ3n) is 2.52. The van der Waals surface area contributed by atoms with Gasteiger partial charge in [-0.05, 0) is 21.8 Å². The van der Waals surface area contributed by atoms with E-state index in [4.69, 9.17) is 0 Å². The predicted octanol–water partition coefficient (Wildman–Crippen LogP) is 3.63. The second kappa shape index (κ2) is 5.19. The number of rotatable bonds is 4. The van der Waals surface area contributed by atoms with Crippen molar-refractivity contribution < 1.29 is 0 Å². The Morgan fingerprint density at radius 2 is 2.38 bits per heavy atom. The molecule has 5 heteroatoms. The van der Waals surface area contributed by atoms with Crippen molar-refractivity contribution in [1.29, 1.82) is 0 Å². The molecule has 0 saturated heterocycles. The fraction of sp³-hybridized carbons (Fsp3) is 0.455. The van der Waals surface area contributed by atoms with Crippen LogP contribution < -0.4 is 0 Å². The lowest BCUT2D eigenvalue weighted by Crippen LogP contribution is -1.98. The molecule has 0 aliphatic heterocycles. The zero-order valence-corrected chi connectivity index (χ0v) is 11.8. The maximum atomic E-state index is 4.48. The van der Waals surface area contributed by atoms with Crippen LogP contribution in [0.4, 0.5) is 0 Å². The number of fused-ring (bicyclic) bond motifs is 1. The molecular formula is C11H14BrN3S. The molecule has 0 spiro atoms. The van der Waals surface area contributed by atoms with Gasteiger partial charge >= 0.3 is 0 Å². The molecule has 0 aliphatic rings. The summed E-state index contributed by atoms with van der Waals surface area (Å²) in [5.41, 5.74) is 0.941. The number of thioether (sulfide) groups is 1. The van der Waals surface area contributed by atoms with E-state index in [9.17, 15) is 0 Å². The Hall–Kier alpha value is -0.550. The maximum Gasteiger partial charge on any atom is 0.169 e. The maximum absolute atomic E-state index is 4.48. The summed E-state index contributed by atoms with van der Waals surface area (Å²) in [5, 5.41) is 1.000. The molecule has 0 saturated carbocycles. The van der Waals surface area contributed by atoms with E-state index in [1.54, 1.807) is 18.0 Å². The summed E-state index contributed by atoms with van der Waals surface area (Å²) in [6, 6.07) is 0. The number of hydrogen-bond donors (Lipinski definition) is 0. The zero-order chi connectivity index (χ0) is 11.5. The summed E-state index contributed by atoms with van der Waals surface area (Å²) in [7, 11) is 0. The standard InChI is InChI=1S/C11H14BrN3S/c1-3-8(2)7-16-11-10-13-4-5-15(10)6-9(12)14-11/h4-6,8H,3,7H2,1-2H3. The third-order valence-corrected chi connectivity index (χ3v) is 4.18. The van der Waals surface area contributed by atoms with Crippen molar-refractivity contribution in [3.63, 3.8) is 0 Å². The molecule has 0 N–H and O–H groups in total. The van der Waals surface area contributed by atoms with Gasteiger partial charge in [-0.3, -0.25) is 0 Å². The van der Waals surface area contributed by atoms with E-state index in [-0.39, 0.29) is 0 Å². The Bertz CT molecular complexity index is 483. The van der Waals surface area contributed by atoms with Gasteiger partial charge in [0.2, 0.25) is 0 Å². The average Bonchev–Trinajstić information content (AvgIpc) is 2.73. The van der Waals surface area contributed by atoms with Gasteiger partial charge in [0, 0.05) is 24.3 Å². The highest BCUT2D eigenvalue weighted by atomic mass is 79.9. The van der Waals surface area contributed by atoms with Crippen molar-refractivity contribution in [3.8, 4) is 0 Å². The van der Waals surface area contributed by atoms with Crippen LogP contribution in [-0.4, -0.2) is 20.1 Å². The fourth-order valence-electron chi connectivity index (χ4n) is 1.31. The van der Waals surface area contributed by atoms with Crippen molar-refractivity contribution in [2.75, 3.05) is 5.75 Å². The molecule has 2 heterocycles. The van der Waals surface area contributed by atoms with E-state index in [1.807, 2.05) is 16.8 Å². The van der Waals surface area contributed by atoms with E-state index < -0.39 is 0 Å². The molecule has 1 unspecified atom stereocenters. The molecular weight excluding hydrogens is 286 g/mol. The first-order valence-corrected chi connectivity index (χ1v) is 7.10. The Kier molecular flexibility index (Phi) is 3.86. The molecule has 1 atom stereocenters. The quantitative estimate of drug-likeness (QED) is 0.808. The lowest BCUT2D eigenvalue weighted by atomic mass is 10.2. The molecule has 3 nitrogen and oxygen atoms in total. The van der Waals surface area contributed by atoms with Gasteiger partial charge in [-0.25, -0.2) is 9.97 Å². The summed E-state index contributed by atoms with van der Waals surface area (Å²) in [4.78, 5) is 8.80. The molecule has 2 aromatic heterocycles. The number of nitrogens with zero attached hydrogens (tertiary/aromatic N) is 3. The van der Waals surface area contributed by atoms with Crippen LogP contribution in [0.5, 0.6) is 0 Å². The van der Waals surface area contributed by atoms with Crippen LogP contribution in [0.1, 0.15) is 20.3 Å². The number of hydrogen-bond acceptors (Lipinski definition) is 3. The molecule has 0 fully saturated rings. The van der Waals surface area contributed by atoms with Gasteiger partial charge in [0.15, 0.2) is 5.65 Å². The highest BCUT2D eigenvalue weighted by molar-refractivity contribution is 9.10. The lowest BCUT2D eigenvalue weighted by molar-refractivity contribution is 0.636. The minimum Gasteiger partial charge on any atom is -0.302 e. The van der Waals surface area contributed by atoms with Gasteiger partial charge in [-0.15, -0.1) is 11.8 Å². The molecule has 0 aliphatic carbocycles. The summed E-state index contributed by atoms with van der Waals surface area (Å²) < 4.78 is 2.85. The Morgan fingerprint density at radius 1 is 1.56 bits per heavy atom. The van der Waals surface area contributed by atoms with Gasteiger partial charge in [0.1, 0.15) is 9.63 Å². The fourth-order valence-corrected chi connectivity index (χ4v) is 2.95. The third kappa shape index (κ3) is 2.58.